The number of anilines is 1. The van der Waals surface area contributed by atoms with E-state index in [1.807, 2.05) is 36.4 Å². The molecule has 1 amide bonds. The first kappa shape index (κ1) is 16.5. The van der Waals surface area contributed by atoms with Gasteiger partial charge < -0.3 is 9.73 Å². The summed E-state index contributed by atoms with van der Waals surface area (Å²) < 4.78 is 19.7. The first-order valence-corrected chi connectivity index (χ1v) is 8.11. The lowest BCUT2D eigenvalue weighted by Gasteiger charge is -2.06. The van der Waals surface area contributed by atoms with E-state index in [1.54, 1.807) is 18.2 Å². The van der Waals surface area contributed by atoms with Gasteiger partial charge in [0.1, 0.15) is 11.3 Å². The molecule has 0 unspecified atom stereocenters. The van der Waals surface area contributed by atoms with Gasteiger partial charge in [0.25, 0.3) is 5.91 Å². The fourth-order valence-electron chi connectivity index (χ4n) is 2.68. The van der Waals surface area contributed by atoms with Gasteiger partial charge in [0.2, 0.25) is 5.89 Å². The number of hydrogen-bond donors (Lipinski definition) is 1. The lowest BCUT2D eigenvalue weighted by Crippen LogP contribution is -2.13. The third kappa shape index (κ3) is 3.26. The molecule has 0 aliphatic carbocycles. The Morgan fingerprint density at radius 1 is 1.07 bits per heavy atom. The maximum atomic E-state index is 14.0. The van der Waals surface area contributed by atoms with E-state index in [9.17, 15) is 9.18 Å². The Morgan fingerprint density at radius 2 is 1.89 bits per heavy atom. The number of nitrogens with zero attached hydrogens (tertiary/aromatic N) is 2. The average Bonchev–Trinajstić information content (AvgIpc) is 3.12. The minimum absolute atomic E-state index is 0.140. The molecule has 0 atom stereocenters. The monoisotopic (exact) mass is 357 g/mol. The van der Waals surface area contributed by atoms with Crippen LogP contribution in [0.15, 0.2) is 71.1 Å². The first-order valence-electron chi connectivity index (χ1n) is 8.11. The smallest absolute Gasteiger partial charge is 0.258 e. The lowest BCUT2D eigenvalue weighted by molar-refractivity contribution is 0.102. The van der Waals surface area contributed by atoms with Gasteiger partial charge in [-0.05, 0) is 48.5 Å². The molecule has 4 rings (SSSR count). The molecule has 0 spiro atoms. The summed E-state index contributed by atoms with van der Waals surface area (Å²) in [6, 6.07) is 20.0. The number of amides is 1. The molecule has 6 heteroatoms. The maximum absolute atomic E-state index is 14.0. The highest BCUT2D eigenvalue weighted by atomic mass is 19.1. The molecule has 3 aromatic carbocycles. The number of aromatic nitrogens is 1. The predicted octanol–water partition coefficient (Wildman–Crippen LogP) is 4.76. The van der Waals surface area contributed by atoms with Gasteiger partial charge in [-0.25, -0.2) is 9.37 Å². The number of oxazole rings is 1. The summed E-state index contributed by atoms with van der Waals surface area (Å²) in [5.74, 6) is -0.879. The zero-order valence-corrected chi connectivity index (χ0v) is 13.9. The largest absolute Gasteiger partial charge is 0.436 e. The summed E-state index contributed by atoms with van der Waals surface area (Å²) in [7, 11) is 0. The Labute approximate surface area is 153 Å². The van der Waals surface area contributed by atoms with Crippen LogP contribution in [0.3, 0.4) is 0 Å². The zero-order valence-electron chi connectivity index (χ0n) is 13.9. The van der Waals surface area contributed by atoms with Crippen LogP contribution in [-0.4, -0.2) is 10.9 Å². The van der Waals surface area contributed by atoms with E-state index >= 15 is 0 Å². The second kappa shape index (κ2) is 6.73. The summed E-state index contributed by atoms with van der Waals surface area (Å²) in [6.07, 6.45) is 0. The quantitative estimate of drug-likeness (QED) is 0.573. The average molecular weight is 357 g/mol. The Bertz CT molecular complexity index is 1190. The fourth-order valence-corrected chi connectivity index (χ4v) is 2.68. The molecule has 0 fully saturated rings. The molecule has 1 heterocycles. The highest BCUT2D eigenvalue weighted by Gasteiger charge is 2.14. The number of halogens is 1. The van der Waals surface area contributed by atoms with Gasteiger partial charge in [-0.2, -0.15) is 5.26 Å². The second-order valence-electron chi connectivity index (χ2n) is 5.83. The van der Waals surface area contributed by atoms with Gasteiger partial charge in [0, 0.05) is 11.3 Å². The van der Waals surface area contributed by atoms with E-state index < -0.39 is 11.7 Å². The molecule has 0 bridgehead atoms. The normalized spacial score (nSPS) is 10.5. The number of rotatable bonds is 3. The second-order valence-corrected chi connectivity index (χ2v) is 5.83. The van der Waals surface area contributed by atoms with Crippen molar-refractivity contribution in [1.29, 1.82) is 5.26 Å². The van der Waals surface area contributed by atoms with Crippen LogP contribution < -0.4 is 5.32 Å². The van der Waals surface area contributed by atoms with Crippen molar-refractivity contribution in [2.75, 3.05) is 5.32 Å². The van der Waals surface area contributed by atoms with Gasteiger partial charge in [-0.3, -0.25) is 4.79 Å². The van der Waals surface area contributed by atoms with E-state index in [1.165, 1.54) is 12.1 Å². The molecule has 0 aliphatic heterocycles. The van der Waals surface area contributed by atoms with Crippen molar-refractivity contribution >= 4 is 22.7 Å². The zero-order chi connectivity index (χ0) is 18.8. The van der Waals surface area contributed by atoms with E-state index in [2.05, 4.69) is 10.3 Å². The molecule has 0 radical (unpaired) electrons. The molecule has 4 aromatic rings. The number of carbonyl (C=O) groups excluding carboxylic acids is 1. The Morgan fingerprint density at radius 3 is 2.63 bits per heavy atom. The molecule has 0 saturated heterocycles. The molecular formula is C21H12FN3O2. The maximum Gasteiger partial charge on any atom is 0.258 e. The summed E-state index contributed by atoms with van der Waals surface area (Å²) in [6.45, 7) is 0. The molecule has 5 nitrogen and oxygen atoms in total. The van der Waals surface area contributed by atoms with Crippen molar-refractivity contribution < 1.29 is 13.6 Å². The molecular weight excluding hydrogens is 345 g/mol. The Kier molecular flexibility index (Phi) is 4.11. The summed E-state index contributed by atoms with van der Waals surface area (Å²) in [5.41, 5.74) is 2.48. The van der Waals surface area contributed by atoms with Crippen molar-refractivity contribution in [3.63, 3.8) is 0 Å². The van der Waals surface area contributed by atoms with Gasteiger partial charge in [-0.1, -0.05) is 18.2 Å². The van der Waals surface area contributed by atoms with Gasteiger partial charge in [0.05, 0.1) is 17.2 Å². The highest BCUT2D eigenvalue weighted by Crippen LogP contribution is 2.26. The molecule has 1 N–H and O–H groups in total. The molecule has 0 saturated carbocycles. The van der Waals surface area contributed by atoms with Gasteiger partial charge >= 0.3 is 0 Å². The first-order chi connectivity index (χ1) is 13.1. The summed E-state index contributed by atoms with van der Waals surface area (Å²) >= 11 is 0. The van der Waals surface area contributed by atoms with E-state index in [0.717, 1.165) is 11.6 Å². The van der Waals surface area contributed by atoms with Gasteiger partial charge in [-0.15, -0.1) is 0 Å². The van der Waals surface area contributed by atoms with E-state index in [-0.39, 0.29) is 11.1 Å². The molecule has 130 valence electrons. The highest BCUT2D eigenvalue weighted by molar-refractivity contribution is 6.05. The number of nitrogens with one attached hydrogen (secondary N) is 1. The number of carbonyl (C=O) groups is 1. The van der Waals surface area contributed by atoms with Crippen LogP contribution in [0.1, 0.15) is 15.9 Å². The molecule has 27 heavy (non-hydrogen) atoms. The third-order valence-corrected chi connectivity index (χ3v) is 4.01. The van der Waals surface area contributed by atoms with Crippen molar-refractivity contribution in [3.05, 3.63) is 83.7 Å². The van der Waals surface area contributed by atoms with Crippen LogP contribution in [0.5, 0.6) is 0 Å². The van der Waals surface area contributed by atoms with Crippen molar-refractivity contribution in [1.82, 2.24) is 4.98 Å². The van der Waals surface area contributed by atoms with E-state index in [4.69, 9.17) is 9.68 Å². The minimum atomic E-state index is -0.750. The van der Waals surface area contributed by atoms with Crippen LogP contribution in [0, 0.1) is 17.1 Å². The fraction of sp³-hybridized carbons (Fsp3) is 0. The minimum Gasteiger partial charge on any atom is -0.436 e. The Hall–Kier alpha value is -3.98. The molecule has 0 aliphatic rings. The number of hydrogen-bond acceptors (Lipinski definition) is 4. The van der Waals surface area contributed by atoms with Crippen LogP contribution in [0.25, 0.3) is 22.6 Å². The predicted molar refractivity (Wildman–Crippen MR) is 98.5 cm³/mol. The van der Waals surface area contributed by atoms with Crippen molar-refractivity contribution in [2.45, 2.75) is 0 Å². The van der Waals surface area contributed by atoms with Crippen LogP contribution >= 0.6 is 0 Å². The Balaban J connectivity index is 1.61. The van der Waals surface area contributed by atoms with Crippen LogP contribution in [0.4, 0.5) is 10.1 Å². The number of fused-ring (bicyclic) bond motifs is 1. The van der Waals surface area contributed by atoms with Crippen LogP contribution in [0.2, 0.25) is 0 Å². The summed E-state index contributed by atoms with van der Waals surface area (Å²) in [4.78, 5) is 16.8. The number of benzene rings is 3. The standard InChI is InChI=1S/C21H12FN3O2/c22-17-10-13(12-23)6-8-16(17)20(26)24-15-7-9-19-18(11-15)25-21(27-19)14-4-2-1-3-5-14/h1-11H,(H,24,26). The topological polar surface area (TPSA) is 78.9 Å². The van der Waals surface area contributed by atoms with Crippen LogP contribution in [-0.2, 0) is 0 Å². The van der Waals surface area contributed by atoms with E-state index in [0.29, 0.717) is 22.7 Å². The SMILES string of the molecule is N#Cc1ccc(C(=O)Nc2ccc3oc(-c4ccccc4)nc3c2)c(F)c1. The lowest BCUT2D eigenvalue weighted by atomic mass is 10.1. The van der Waals surface area contributed by atoms with Crippen molar-refractivity contribution in [2.24, 2.45) is 0 Å². The summed E-state index contributed by atoms with van der Waals surface area (Å²) in [5, 5.41) is 11.4. The molecule has 1 aromatic heterocycles. The van der Waals surface area contributed by atoms with Gasteiger partial charge in [0.15, 0.2) is 5.58 Å². The number of nitriles is 1. The third-order valence-electron chi connectivity index (χ3n) is 4.01. The van der Waals surface area contributed by atoms with Crippen molar-refractivity contribution in [3.8, 4) is 17.5 Å².